The van der Waals surface area contributed by atoms with Gasteiger partial charge in [-0.2, -0.15) is 0 Å². The number of aliphatic carboxylic acids is 1. The van der Waals surface area contributed by atoms with Crippen LogP contribution in [0.4, 0.5) is 0 Å². The van der Waals surface area contributed by atoms with Crippen LogP contribution in [0, 0.1) is 12.8 Å². The van der Waals surface area contributed by atoms with Crippen molar-refractivity contribution in [2.45, 2.75) is 24.5 Å². The van der Waals surface area contributed by atoms with E-state index in [9.17, 15) is 13.2 Å². The van der Waals surface area contributed by atoms with Gasteiger partial charge in [-0.1, -0.05) is 6.92 Å². The molecule has 1 rings (SSSR count). The van der Waals surface area contributed by atoms with Gasteiger partial charge in [0.25, 0.3) is 0 Å². The van der Waals surface area contributed by atoms with Gasteiger partial charge >= 0.3 is 5.97 Å². The van der Waals surface area contributed by atoms with E-state index < -0.39 is 16.0 Å². The largest absolute Gasteiger partial charge is 0.481 e. The van der Waals surface area contributed by atoms with Gasteiger partial charge in [0.1, 0.15) is 4.21 Å². The summed E-state index contributed by atoms with van der Waals surface area (Å²) < 4.78 is 27.3. The van der Waals surface area contributed by atoms with Gasteiger partial charge in [-0.05, 0) is 40.4 Å². The summed E-state index contributed by atoms with van der Waals surface area (Å²) in [5, 5.41) is 8.59. The van der Waals surface area contributed by atoms with Crippen LogP contribution in [0.1, 0.15) is 18.9 Å². The molecule has 0 bridgehead atoms. The first-order chi connectivity index (χ1) is 8.22. The third kappa shape index (κ3) is 4.34. The van der Waals surface area contributed by atoms with Crippen LogP contribution < -0.4 is 4.72 Å². The topological polar surface area (TPSA) is 83.5 Å². The minimum Gasteiger partial charge on any atom is -0.481 e. The van der Waals surface area contributed by atoms with Crippen LogP contribution >= 0.6 is 27.3 Å². The molecule has 0 aliphatic carbocycles. The van der Waals surface area contributed by atoms with Crippen molar-refractivity contribution in [1.82, 2.24) is 4.72 Å². The van der Waals surface area contributed by atoms with Crippen molar-refractivity contribution in [3.63, 3.8) is 0 Å². The molecule has 102 valence electrons. The summed E-state index contributed by atoms with van der Waals surface area (Å²) >= 11 is 4.41. The average molecular weight is 356 g/mol. The number of carboxylic acids is 1. The van der Waals surface area contributed by atoms with E-state index in [2.05, 4.69) is 20.7 Å². The first-order valence-corrected chi connectivity index (χ1v) is 8.29. The van der Waals surface area contributed by atoms with Gasteiger partial charge < -0.3 is 5.11 Å². The predicted octanol–water partition coefficient (Wildman–Crippen LogP) is 2.21. The highest BCUT2D eigenvalue weighted by Gasteiger charge is 2.19. The lowest BCUT2D eigenvalue weighted by Crippen LogP contribution is -2.28. The van der Waals surface area contributed by atoms with E-state index in [0.717, 1.165) is 20.7 Å². The normalized spacial score (nSPS) is 13.5. The van der Waals surface area contributed by atoms with Crippen LogP contribution in [0.3, 0.4) is 0 Å². The van der Waals surface area contributed by atoms with Gasteiger partial charge in [0.2, 0.25) is 10.0 Å². The third-order valence-corrected chi connectivity index (χ3v) is 6.28. The number of rotatable bonds is 6. The van der Waals surface area contributed by atoms with Gasteiger partial charge in [0, 0.05) is 13.0 Å². The molecular formula is C10H14BrNO4S2. The lowest BCUT2D eigenvalue weighted by atomic mass is 10.1. The molecular weight excluding hydrogens is 342 g/mol. The molecule has 0 saturated carbocycles. The summed E-state index contributed by atoms with van der Waals surface area (Å²) in [4.78, 5) is 10.5. The summed E-state index contributed by atoms with van der Waals surface area (Å²) in [6.45, 7) is 3.61. The minimum atomic E-state index is -3.55. The molecule has 0 fully saturated rings. The van der Waals surface area contributed by atoms with Gasteiger partial charge in [0.15, 0.2) is 0 Å². The number of hydrogen-bond acceptors (Lipinski definition) is 4. The van der Waals surface area contributed by atoms with Crippen LogP contribution in [-0.2, 0) is 14.8 Å². The van der Waals surface area contributed by atoms with Crippen molar-refractivity contribution < 1.29 is 18.3 Å². The van der Waals surface area contributed by atoms with E-state index in [1.807, 2.05) is 6.92 Å². The van der Waals surface area contributed by atoms with Gasteiger partial charge in [-0.15, -0.1) is 11.3 Å². The maximum absolute atomic E-state index is 11.9. The van der Waals surface area contributed by atoms with Crippen LogP contribution in [-0.4, -0.2) is 26.0 Å². The summed E-state index contributed by atoms with van der Waals surface area (Å²) in [5.41, 5.74) is 0.860. The van der Waals surface area contributed by atoms with E-state index in [0.29, 0.717) is 0 Å². The lowest BCUT2D eigenvalue weighted by molar-refractivity contribution is -0.137. The molecule has 2 N–H and O–H groups in total. The quantitative estimate of drug-likeness (QED) is 0.819. The van der Waals surface area contributed by atoms with E-state index in [1.165, 1.54) is 0 Å². The highest BCUT2D eigenvalue weighted by molar-refractivity contribution is 9.11. The summed E-state index contributed by atoms with van der Waals surface area (Å²) in [5.74, 6) is -1.18. The molecule has 5 nitrogen and oxygen atoms in total. The van der Waals surface area contributed by atoms with Crippen LogP contribution in [0.5, 0.6) is 0 Å². The molecule has 0 aliphatic heterocycles. The molecule has 0 spiro atoms. The van der Waals surface area contributed by atoms with Crippen LogP contribution in [0.15, 0.2) is 14.1 Å². The Morgan fingerprint density at radius 2 is 2.22 bits per heavy atom. The fourth-order valence-corrected chi connectivity index (χ4v) is 4.69. The summed E-state index contributed by atoms with van der Waals surface area (Å²) in [6.07, 6.45) is -0.0598. The molecule has 0 aliphatic rings. The second-order valence-electron chi connectivity index (χ2n) is 4.08. The first-order valence-electron chi connectivity index (χ1n) is 5.19. The van der Waals surface area contributed by atoms with Crippen molar-refractivity contribution in [3.8, 4) is 0 Å². The monoisotopic (exact) mass is 355 g/mol. The molecule has 1 aromatic heterocycles. The third-order valence-electron chi connectivity index (χ3n) is 2.24. The SMILES string of the molecule is Cc1cc(S(=O)(=O)NCC(C)CC(=O)O)sc1Br. The Morgan fingerprint density at radius 3 is 2.67 bits per heavy atom. The Hall–Kier alpha value is -0.440. The molecule has 18 heavy (non-hydrogen) atoms. The van der Waals surface area contributed by atoms with Crippen molar-refractivity contribution in [2.24, 2.45) is 5.92 Å². The molecule has 0 radical (unpaired) electrons. The first kappa shape index (κ1) is 15.6. The molecule has 1 heterocycles. The average Bonchev–Trinajstić information content (AvgIpc) is 2.56. The Labute approximate surface area is 118 Å². The van der Waals surface area contributed by atoms with E-state index in [1.54, 1.807) is 13.0 Å². The Balaban J connectivity index is 2.68. The zero-order valence-electron chi connectivity index (χ0n) is 9.94. The maximum atomic E-state index is 11.9. The Morgan fingerprint density at radius 1 is 1.61 bits per heavy atom. The number of nitrogens with one attached hydrogen (secondary N) is 1. The maximum Gasteiger partial charge on any atom is 0.303 e. The van der Waals surface area contributed by atoms with Crippen molar-refractivity contribution in [1.29, 1.82) is 0 Å². The molecule has 0 amide bonds. The zero-order valence-corrected chi connectivity index (χ0v) is 13.2. The molecule has 1 aromatic rings. The van der Waals surface area contributed by atoms with Crippen molar-refractivity contribution in [3.05, 3.63) is 15.4 Å². The van der Waals surface area contributed by atoms with E-state index in [-0.39, 0.29) is 23.1 Å². The molecule has 0 aromatic carbocycles. The van der Waals surface area contributed by atoms with Crippen LogP contribution in [0.2, 0.25) is 0 Å². The fourth-order valence-electron chi connectivity index (χ4n) is 1.26. The highest BCUT2D eigenvalue weighted by Crippen LogP contribution is 2.30. The number of aryl methyl sites for hydroxylation is 1. The number of hydrogen-bond donors (Lipinski definition) is 2. The molecule has 8 heteroatoms. The van der Waals surface area contributed by atoms with Gasteiger partial charge in [0.05, 0.1) is 3.79 Å². The van der Waals surface area contributed by atoms with Crippen molar-refractivity contribution >= 4 is 43.3 Å². The zero-order chi connectivity index (χ0) is 13.9. The Bertz CT molecular complexity index is 519. The van der Waals surface area contributed by atoms with Gasteiger partial charge in [-0.25, -0.2) is 13.1 Å². The summed E-state index contributed by atoms with van der Waals surface area (Å²) in [6, 6.07) is 1.58. The van der Waals surface area contributed by atoms with E-state index >= 15 is 0 Å². The van der Waals surface area contributed by atoms with Gasteiger partial charge in [-0.3, -0.25) is 4.79 Å². The fraction of sp³-hybridized carbons (Fsp3) is 0.500. The summed E-state index contributed by atoms with van der Waals surface area (Å²) in [7, 11) is -3.55. The second kappa shape index (κ2) is 6.14. The number of carboxylic acid groups (broad SMARTS) is 1. The number of halogens is 1. The van der Waals surface area contributed by atoms with Crippen molar-refractivity contribution in [2.75, 3.05) is 6.54 Å². The second-order valence-corrected chi connectivity index (χ2v) is 8.44. The number of carbonyl (C=O) groups is 1. The predicted molar refractivity (Wildman–Crippen MR) is 73.4 cm³/mol. The molecule has 0 saturated heterocycles. The smallest absolute Gasteiger partial charge is 0.303 e. The number of sulfonamides is 1. The number of thiophene rings is 1. The standard InChI is InChI=1S/C10H14BrNO4S2/c1-6(3-8(13)14)5-12-18(15,16)9-4-7(2)10(11)17-9/h4,6,12H,3,5H2,1-2H3,(H,13,14). The van der Waals surface area contributed by atoms with Crippen LogP contribution in [0.25, 0.3) is 0 Å². The lowest BCUT2D eigenvalue weighted by Gasteiger charge is -2.09. The Kier molecular flexibility index (Phi) is 5.32. The molecule has 1 atom stereocenters. The molecule has 1 unspecified atom stereocenters. The highest BCUT2D eigenvalue weighted by atomic mass is 79.9. The minimum absolute atomic E-state index is 0.0598. The van der Waals surface area contributed by atoms with E-state index in [4.69, 9.17) is 5.11 Å².